The van der Waals surface area contributed by atoms with Crippen molar-refractivity contribution < 1.29 is 4.74 Å². The average Bonchev–Trinajstić information content (AvgIpc) is 2.38. The van der Waals surface area contributed by atoms with E-state index in [9.17, 15) is 0 Å². The molecule has 0 fully saturated rings. The van der Waals surface area contributed by atoms with Gasteiger partial charge < -0.3 is 10.1 Å². The number of ether oxygens (including phenoxy) is 1. The van der Waals surface area contributed by atoms with Gasteiger partial charge in [-0.15, -0.1) is 0 Å². The number of anilines is 1. The van der Waals surface area contributed by atoms with Crippen molar-refractivity contribution in [1.29, 1.82) is 0 Å². The van der Waals surface area contributed by atoms with E-state index in [1.165, 1.54) is 11.1 Å². The zero-order valence-corrected chi connectivity index (χ0v) is 11.3. The molecule has 0 bridgehead atoms. The molecular formula is C15H22N2O. The summed E-state index contributed by atoms with van der Waals surface area (Å²) in [5.74, 6) is 1.02. The summed E-state index contributed by atoms with van der Waals surface area (Å²) >= 11 is 0. The molecule has 0 saturated carbocycles. The summed E-state index contributed by atoms with van der Waals surface area (Å²) in [6.07, 6.45) is 0. The monoisotopic (exact) mass is 246 g/mol. The maximum atomic E-state index is 5.79. The number of rotatable bonds is 5. The fourth-order valence-corrected chi connectivity index (χ4v) is 2.26. The van der Waals surface area contributed by atoms with Gasteiger partial charge in [0.25, 0.3) is 0 Å². The lowest BCUT2D eigenvalue weighted by atomic mass is 10.1. The predicted molar refractivity (Wildman–Crippen MR) is 76.2 cm³/mol. The van der Waals surface area contributed by atoms with Crippen LogP contribution in [0.3, 0.4) is 0 Å². The number of fused-ring (bicyclic) bond motifs is 1. The zero-order chi connectivity index (χ0) is 13.0. The topological polar surface area (TPSA) is 24.5 Å². The van der Waals surface area contributed by atoms with Gasteiger partial charge in [0, 0.05) is 25.2 Å². The van der Waals surface area contributed by atoms with Gasteiger partial charge in [-0.05, 0) is 19.5 Å². The molecule has 0 atom stereocenters. The maximum Gasteiger partial charge on any atom is 0.146 e. The number of nitrogens with zero attached hydrogens (tertiary/aromatic N) is 1. The van der Waals surface area contributed by atoms with Gasteiger partial charge in [0.15, 0.2) is 0 Å². The van der Waals surface area contributed by atoms with Crippen molar-refractivity contribution in [3.05, 3.63) is 35.9 Å². The maximum absolute atomic E-state index is 5.79. The third kappa shape index (κ3) is 3.05. The Hall–Kier alpha value is -1.48. The van der Waals surface area contributed by atoms with Crippen LogP contribution in [0.4, 0.5) is 5.69 Å². The second-order valence-electron chi connectivity index (χ2n) is 4.83. The van der Waals surface area contributed by atoms with E-state index in [-0.39, 0.29) is 0 Å². The third-order valence-electron chi connectivity index (χ3n) is 3.10. The smallest absolute Gasteiger partial charge is 0.146 e. The van der Waals surface area contributed by atoms with E-state index in [1.807, 2.05) is 0 Å². The second kappa shape index (κ2) is 5.91. The molecule has 1 aliphatic heterocycles. The molecule has 0 spiro atoms. The minimum atomic E-state index is 0.747. The van der Waals surface area contributed by atoms with Crippen molar-refractivity contribution in [1.82, 2.24) is 4.90 Å². The average molecular weight is 246 g/mol. The van der Waals surface area contributed by atoms with Crippen LogP contribution in [-0.2, 0) is 6.54 Å². The third-order valence-corrected chi connectivity index (χ3v) is 3.10. The molecule has 1 aromatic carbocycles. The van der Waals surface area contributed by atoms with E-state index in [0.29, 0.717) is 0 Å². The SMILES string of the molecule is C=C(C)CN(CC)Cc1cccc2c1OCCN2. The van der Waals surface area contributed by atoms with E-state index < -0.39 is 0 Å². The fraction of sp³-hybridized carbons (Fsp3) is 0.467. The number of hydrogen-bond donors (Lipinski definition) is 1. The van der Waals surface area contributed by atoms with Gasteiger partial charge in [0.05, 0.1) is 5.69 Å². The van der Waals surface area contributed by atoms with Gasteiger partial charge in [-0.3, -0.25) is 4.90 Å². The van der Waals surface area contributed by atoms with Gasteiger partial charge in [0.1, 0.15) is 12.4 Å². The Bertz CT molecular complexity index is 429. The Morgan fingerprint density at radius 1 is 1.50 bits per heavy atom. The highest BCUT2D eigenvalue weighted by Crippen LogP contribution is 2.31. The molecule has 0 unspecified atom stereocenters. The van der Waals surface area contributed by atoms with Gasteiger partial charge >= 0.3 is 0 Å². The van der Waals surface area contributed by atoms with Crippen LogP contribution in [0.1, 0.15) is 19.4 Å². The van der Waals surface area contributed by atoms with Crippen molar-refractivity contribution in [2.45, 2.75) is 20.4 Å². The molecule has 0 radical (unpaired) electrons. The Labute approximate surface area is 109 Å². The normalized spacial score (nSPS) is 13.7. The van der Waals surface area contributed by atoms with Crippen molar-refractivity contribution in [2.24, 2.45) is 0 Å². The van der Waals surface area contributed by atoms with Crippen LogP contribution >= 0.6 is 0 Å². The molecule has 0 amide bonds. The summed E-state index contributed by atoms with van der Waals surface area (Å²) in [6.45, 7) is 12.7. The van der Waals surface area contributed by atoms with E-state index >= 15 is 0 Å². The Kier molecular flexibility index (Phi) is 4.26. The first-order chi connectivity index (χ1) is 8.70. The fourth-order valence-electron chi connectivity index (χ4n) is 2.26. The lowest BCUT2D eigenvalue weighted by Crippen LogP contribution is -2.26. The van der Waals surface area contributed by atoms with Gasteiger partial charge in [-0.2, -0.15) is 0 Å². The molecule has 0 aromatic heterocycles. The summed E-state index contributed by atoms with van der Waals surface area (Å²) in [6, 6.07) is 6.31. The lowest BCUT2D eigenvalue weighted by molar-refractivity contribution is 0.283. The lowest BCUT2D eigenvalue weighted by Gasteiger charge is -2.25. The standard InChI is InChI=1S/C15H22N2O/c1-4-17(10-12(2)3)11-13-6-5-7-14-15(13)18-9-8-16-14/h5-7,16H,2,4,8-11H2,1,3H3. The Morgan fingerprint density at radius 2 is 2.33 bits per heavy atom. The summed E-state index contributed by atoms with van der Waals surface area (Å²) in [7, 11) is 0. The Balaban J connectivity index is 2.15. The second-order valence-corrected chi connectivity index (χ2v) is 4.83. The van der Waals surface area contributed by atoms with E-state index in [2.05, 4.69) is 48.8 Å². The molecule has 2 rings (SSSR count). The molecular weight excluding hydrogens is 224 g/mol. The molecule has 1 heterocycles. The molecule has 0 saturated heterocycles. The summed E-state index contributed by atoms with van der Waals surface area (Å²) < 4.78 is 5.79. The van der Waals surface area contributed by atoms with Crippen LogP contribution in [0.15, 0.2) is 30.4 Å². The van der Waals surface area contributed by atoms with Crippen LogP contribution in [-0.4, -0.2) is 31.1 Å². The molecule has 3 heteroatoms. The van der Waals surface area contributed by atoms with Crippen LogP contribution in [0.5, 0.6) is 5.75 Å². The van der Waals surface area contributed by atoms with Crippen LogP contribution in [0, 0.1) is 0 Å². The largest absolute Gasteiger partial charge is 0.489 e. The van der Waals surface area contributed by atoms with Crippen molar-refractivity contribution in [3.8, 4) is 5.75 Å². The quantitative estimate of drug-likeness (QED) is 0.808. The highest BCUT2D eigenvalue weighted by Gasteiger charge is 2.15. The summed E-state index contributed by atoms with van der Waals surface area (Å²) in [4.78, 5) is 2.37. The van der Waals surface area contributed by atoms with Crippen molar-refractivity contribution in [3.63, 3.8) is 0 Å². The number of nitrogens with one attached hydrogen (secondary N) is 1. The number of para-hydroxylation sites is 1. The molecule has 1 N–H and O–H groups in total. The minimum absolute atomic E-state index is 0.747. The van der Waals surface area contributed by atoms with Gasteiger partial charge in [0.2, 0.25) is 0 Å². The molecule has 3 nitrogen and oxygen atoms in total. The minimum Gasteiger partial charge on any atom is -0.489 e. The van der Waals surface area contributed by atoms with Gasteiger partial charge in [-0.25, -0.2) is 0 Å². The first-order valence-electron chi connectivity index (χ1n) is 6.56. The van der Waals surface area contributed by atoms with Crippen LogP contribution in [0.2, 0.25) is 0 Å². The number of hydrogen-bond acceptors (Lipinski definition) is 3. The first kappa shape index (κ1) is 13.0. The van der Waals surface area contributed by atoms with E-state index in [4.69, 9.17) is 4.74 Å². The molecule has 1 aromatic rings. The number of benzene rings is 1. The molecule has 18 heavy (non-hydrogen) atoms. The summed E-state index contributed by atoms with van der Waals surface area (Å²) in [5.41, 5.74) is 3.56. The highest BCUT2D eigenvalue weighted by atomic mass is 16.5. The first-order valence-corrected chi connectivity index (χ1v) is 6.56. The predicted octanol–water partition coefficient (Wildman–Crippen LogP) is 2.89. The summed E-state index contributed by atoms with van der Waals surface area (Å²) in [5, 5.41) is 3.37. The molecule has 98 valence electrons. The highest BCUT2D eigenvalue weighted by molar-refractivity contribution is 5.61. The molecule has 0 aliphatic carbocycles. The van der Waals surface area contributed by atoms with Crippen LogP contribution < -0.4 is 10.1 Å². The van der Waals surface area contributed by atoms with Gasteiger partial charge in [-0.1, -0.05) is 31.2 Å². The van der Waals surface area contributed by atoms with E-state index in [0.717, 1.165) is 44.2 Å². The Morgan fingerprint density at radius 3 is 3.06 bits per heavy atom. The zero-order valence-electron chi connectivity index (χ0n) is 11.3. The van der Waals surface area contributed by atoms with E-state index in [1.54, 1.807) is 0 Å². The number of likely N-dealkylation sites (N-methyl/N-ethyl adjacent to an activating group) is 1. The van der Waals surface area contributed by atoms with Crippen molar-refractivity contribution >= 4 is 5.69 Å². The van der Waals surface area contributed by atoms with Crippen molar-refractivity contribution in [2.75, 3.05) is 31.6 Å². The van der Waals surface area contributed by atoms with Crippen LogP contribution in [0.25, 0.3) is 0 Å². The molecule has 1 aliphatic rings.